The van der Waals surface area contributed by atoms with Crippen LogP contribution in [0.3, 0.4) is 0 Å². The van der Waals surface area contributed by atoms with Crippen LogP contribution < -0.4 is 10.5 Å². The van der Waals surface area contributed by atoms with E-state index in [4.69, 9.17) is 5.73 Å². The fraction of sp³-hybridized carbons (Fsp3) is 0.391. The lowest BCUT2D eigenvalue weighted by atomic mass is 9.55. The van der Waals surface area contributed by atoms with Gasteiger partial charge in [0.2, 0.25) is 0 Å². The highest BCUT2D eigenvalue weighted by Gasteiger charge is 2.67. The zero-order valence-electron chi connectivity index (χ0n) is 19.7. The molecule has 12 nitrogen and oxygen atoms in total. The van der Waals surface area contributed by atoms with Gasteiger partial charge >= 0.3 is 0 Å². The number of Topliss-reactive ketones (excluding diaryl/α,β-unsaturated/α-hetero) is 2. The average molecular weight is 522 g/mol. The first-order valence-corrected chi connectivity index (χ1v) is 12.9. The molecule has 4 rings (SSSR count). The molecule has 194 valence electrons. The molecule has 1 aromatic rings. The van der Waals surface area contributed by atoms with E-state index < -0.39 is 91.6 Å². The molecule has 1 fully saturated rings. The van der Waals surface area contributed by atoms with Crippen LogP contribution in [0.4, 0.5) is 5.69 Å². The number of hydrogen-bond acceptors (Lipinski definition) is 10. The van der Waals surface area contributed by atoms with Crippen molar-refractivity contribution in [1.82, 2.24) is 4.90 Å². The number of hydrogen-bond donors (Lipinski definition) is 7. The molecule has 36 heavy (non-hydrogen) atoms. The van der Waals surface area contributed by atoms with Crippen molar-refractivity contribution >= 4 is 44.5 Å². The lowest BCUT2D eigenvalue weighted by Gasteiger charge is -2.54. The molecular formula is C23H27N3O9S. The highest BCUT2D eigenvalue weighted by atomic mass is 32.2. The van der Waals surface area contributed by atoms with E-state index in [1.807, 2.05) is 0 Å². The average Bonchev–Trinajstić information content (AvgIpc) is 2.66. The van der Waals surface area contributed by atoms with E-state index in [-0.39, 0.29) is 16.8 Å². The second-order valence-corrected chi connectivity index (χ2v) is 12.1. The van der Waals surface area contributed by atoms with E-state index in [9.17, 15) is 44.1 Å². The number of phenols is 1. The van der Waals surface area contributed by atoms with Crippen molar-refractivity contribution in [3.63, 3.8) is 0 Å². The molecule has 1 aromatic carbocycles. The number of likely N-dealkylation sites (N-methyl/N-ethyl adjacent to an activating group) is 1. The standard InChI is InChI=1S/C23H27N3O9S/c1-26(2)20-18(30)13(21(24)32)17(29)15-19(31)14-16(28)12-9(7-22(14,33)8-23(15,20)34)10(5-6-11(12)27)25-36(3,4)35/h5-6,15,20,27-28,30,33-34H,3,7-8H2,1-2,4H3,(H2,24,32)(H,25,35)/t15?,20?,22-,23+,36?/m1/s1. The Hall–Kier alpha value is -3.39. The number of fused-ring (bicyclic) bond motifs is 3. The number of phenolic OH excluding ortho intramolecular Hbond substituents is 1. The highest BCUT2D eigenvalue weighted by molar-refractivity contribution is 8.00. The van der Waals surface area contributed by atoms with Crippen molar-refractivity contribution < 1.29 is 44.1 Å². The second-order valence-electron chi connectivity index (χ2n) is 9.84. The van der Waals surface area contributed by atoms with Crippen LogP contribution in [0.2, 0.25) is 0 Å². The van der Waals surface area contributed by atoms with E-state index in [1.54, 1.807) is 0 Å². The molecule has 1 amide bonds. The van der Waals surface area contributed by atoms with Crippen molar-refractivity contribution in [2.75, 3.05) is 25.1 Å². The van der Waals surface area contributed by atoms with E-state index >= 15 is 0 Å². The number of carbonyl (C=O) groups is 3. The molecule has 13 heteroatoms. The number of aliphatic hydroxyl groups excluding tert-OH is 2. The Morgan fingerprint density at radius 3 is 2.33 bits per heavy atom. The first-order chi connectivity index (χ1) is 16.4. The molecule has 3 unspecified atom stereocenters. The minimum absolute atomic E-state index is 0.0907. The minimum Gasteiger partial charge on any atom is -0.510 e. The number of anilines is 1. The third kappa shape index (κ3) is 3.50. The molecule has 0 aromatic heterocycles. The first kappa shape index (κ1) is 25.7. The number of amides is 1. The number of aliphatic hydroxyl groups is 4. The van der Waals surface area contributed by atoms with E-state index in [2.05, 4.69) is 10.6 Å². The molecule has 8 N–H and O–H groups in total. The Morgan fingerprint density at radius 1 is 1.19 bits per heavy atom. The Kier molecular flexibility index (Phi) is 5.57. The summed E-state index contributed by atoms with van der Waals surface area (Å²) in [6.07, 6.45) is 0.139. The maximum absolute atomic E-state index is 13.7. The van der Waals surface area contributed by atoms with Crippen LogP contribution >= 0.6 is 0 Å². The number of nitrogens with zero attached hydrogens (tertiary/aromatic N) is 1. The summed E-state index contributed by atoms with van der Waals surface area (Å²) in [5.41, 5.74) is -0.898. The van der Waals surface area contributed by atoms with Crippen LogP contribution in [-0.2, 0) is 30.5 Å². The van der Waals surface area contributed by atoms with Gasteiger partial charge in [-0.15, -0.1) is 0 Å². The van der Waals surface area contributed by atoms with Gasteiger partial charge < -0.3 is 36.0 Å². The summed E-state index contributed by atoms with van der Waals surface area (Å²) in [5, 5.41) is 55.9. The predicted octanol–water partition coefficient (Wildman–Crippen LogP) is -1.25. The van der Waals surface area contributed by atoms with Gasteiger partial charge in [0.15, 0.2) is 11.6 Å². The zero-order valence-corrected chi connectivity index (χ0v) is 20.5. The molecular weight excluding hydrogens is 494 g/mol. The van der Waals surface area contributed by atoms with Crippen molar-refractivity contribution in [3.8, 4) is 5.75 Å². The number of nitrogens with two attached hydrogens (primary N) is 1. The van der Waals surface area contributed by atoms with Gasteiger partial charge in [-0.1, -0.05) is 0 Å². The number of ketones is 2. The molecule has 5 atom stereocenters. The van der Waals surface area contributed by atoms with Crippen LogP contribution in [0.5, 0.6) is 5.75 Å². The topological polar surface area (TPSA) is 211 Å². The molecule has 0 aliphatic heterocycles. The van der Waals surface area contributed by atoms with Gasteiger partial charge in [-0.25, -0.2) is 4.21 Å². The number of aromatic hydroxyl groups is 1. The Morgan fingerprint density at radius 2 is 1.81 bits per heavy atom. The number of benzene rings is 1. The van der Waals surface area contributed by atoms with E-state index in [0.29, 0.717) is 0 Å². The van der Waals surface area contributed by atoms with Gasteiger partial charge in [0.1, 0.15) is 40.0 Å². The van der Waals surface area contributed by atoms with Gasteiger partial charge in [-0.05, 0) is 37.7 Å². The fourth-order valence-electron chi connectivity index (χ4n) is 5.76. The Balaban J connectivity index is 2.01. The summed E-state index contributed by atoms with van der Waals surface area (Å²) in [6, 6.07) is 1.04. The van der Waals surface area contributed by atoms with Gasteiger partial charge in [0, 0.05) is 34.5 Å². The molecule has 0 saturated heterocycles. The summed E-state index contributed by atoms with van der Waals surface area (Å²) >= 11 is 0. The third-order valence-electron chi connectivity index (χ3n) is 6.87. The molecule has 0 bridgehead atoms. The summed E-state index contributed by atoms with van der Waals surface area (Å²) in [4.78, 5) is 40.2. The van der Waals surface area contributed by atoms with Crippen molar-refractivity contribution in [2.45, 2.75) is 30.1 Å². The quantitative estimate of drug-likeness (QED) is 0.108. The molecule has 0 spiro atoms. The molecule has 3 aliphatic rings. The van der Waals surface area contributed by atoms with Gasteiger partial charge in [0.05, 0.1) is 17.2 Å². The molecule has 0 radical (unpaired) electrons. The second kappa shape index (κ2) is 7.80. The number of nitrogens with one attached hydrogen (secondary N) is 1. The highest BCUT2D eigenvalue weighted by Crippen LogP contribution is 2.54. The number of carbonyl (C=O) groups excluding carboxylic acids is 3. The summed E-state index contributed by atoms with van der Waals surface area (Å²) in [6.45, 7) is 0. The summed E-state index contributed by atoms with van der Waals surface area (Å²) in [7, 11) is -0.00105. The Labute approximate surface area is 206 Å². The van der Waals surface area contributed by atoms with Crippen LogP contribution in [0.25, 0.3) is 5.76 Å². The van der Waals surface area contributed by atoms with Crippen LogP contribution in [-0.4, -0.2) is 95.6 Å². The van der Waals surface area contributed by atoms with Crippen molar-refractivity contribution in [3.05, 3.63) is 40.2 Å². The van der Waals surface area contributed by atoms with Gasteiger partial charge in [-0.3, -0.25) is 19.3 Å². The molecule has 0 heterocycles. The fourth-order valence-corrected chi connectivity index (χ4v) is 6.42. The first-order valence-electron chi connectivity index (χ1n) is 10.8. The van der Waals surface area contributed by atoms with Crippen LogP contribution in [0.1, 0.15) is 17.5 Å². The smallest absolute Gasteiger partial charge is 0.255 e. The summed E-state index contributed by atoms with van der Waals surface area (Å²) < 4.78 is 15.0. The maximum Gasteiger partial charge on any atom is 0.255 e. The maximum atomic E-state index is 13.7. The van der Waals surface area contributed by atoms with Gasteiger partial charge in [-0.2, -0.15) is 0 Å². The van der Waals surface area contributed by atoms with Crippen molar-refractivity contribution in [2.24, 2.45) is 11.7 Å². The number of primary amides is 1. The monoisotopic (exact) mass is 521 g/mol. The predicted molar refractivity (Wildman–Crippen MR) is 131 cm³/mol. The Bertz CT molecular complexity index is 1410. The third-order valence-corrected chi connectivity index (χ3v) is 7.52. The summed E-state index contributed by atoms with van der Waals surface area (Å²) in [5.74, 6) is -4.37. The lowest BCUT2D eigenvalue weighted by molar-refractivity contribution is -0.169. The van der Waals surface area contributed by atoms with E-state index in [0.717, 1.165) is 0 Å². The van der Waals surface area contributed by atoms with Gasteiger partial charge in [0.25, 0.3) is 5.91 Å². The normalized spacial score (nSPS) is 31.5. The minimum atomic E-state index is -2.84. The zero-order chi connectivity index (χ0) is 27.1. The SMILES string of the molecule is C=S(C)(=O)Nc1ccc(O)c2c1C[C@@]1(O)C[C@]3(O)C(C(=O)C(C(N)=O)=C(O)C3N(C)C)C(=O)C1=C2O. The van der Waals surface area contributed by atoms with E-state index in [1.165, 1.54) is 37.4 Å². The number of rotatable bonds is 4. The largest absolute Gasteiger partial charge is 0.510 e. The van der Waals surface area contributed by atoms with Crippen LogP contribution in [0.15, 0.2) is 29.0 Å². The molecule has 1 saturated carbocycles. The lowest BCUT2D eigenvalue weighted by Crippen LogP contribution is -2.70. The van der Waals surface area contributed by atoms with Crippen molar-refractivity contribution in [1.29, 1.82) is 0 Å². The molecule has 3 aliphatic carbocycles. The van der Waals surface area contributed by atoms with Crippen LogP contribution in [0, 0.1) is 5.92 Å².